The van der Waals surface area contributed by atoms with Crippen molar-refractivity contribution >= 4 is 103 Å². The third-order valence-corrected chi connectivity index (χ3v) is 13.4. The fourth-order valence-electron chi connectivity index (χ4n) is 9.74. The zero-order chi connectivity index (χ0) is 37.2. The fourth-order valence-corrected chi connectivity index (χ4v) is 11.0. The molecular formula is C52H32N4S. The number of H-pyrrole nitrogens is 1. The lowest BCUT2D eigenvalue weighted by atomic mass is 9.90. The van der Waals surface area contributed by atoms with Gasteiger partial charge in [0, 0.05) is 63.9 Å². The molecule has 0 spiro atoms. The molecule has 8 aromatic carbocycles. The second-order valence-electron chi connectivity index (χ2n) is 15.2. The molecule has 0 saturated heterocycles. The first-order valence-corrected chi connectivity index (χ1v) is 20.5. The first-order chi connectivity index (χ1) is 28.3. The monoisotopic (exact) mass is 744 g/mol. The molecular weight excluding hydrogens is 713 g/mol. The average molecular weight is 745 g/mol. The van der Waals surface area contributed by atoms with E-state index in [0.717, 1.165) is 57.4 Å². The summed E-state index contributed by atoms with van der Waals surface area (Å²) in [4.78, 5) is 14.8. The molecule has 0 saturated carbocycles. The van der Waals surface area contributed by atoms with E-state index in [1.165, 1.54) is 74.4 Å². The smallest absolute Gasteiger partial charge is 0.235 e. The lowest BCUT2D eigenvalue weighted by Crippen LogP contribution is -2.10. The second kappa shape index (κ2) is 11.7. The van der Waals surface area contributed by atoms with Gasteiger partial charge < -0.3 is 4.98 Å². The first kappa shape index (κ1) is 31.2. The number of aromatic amines is 1. The van der Waals surface area contributed by atoms with E-state index in [4.69, 9.17) is 9.97 Å². The van der Waals surface area contributed by atoms with Crippen molar-refractivity contribution in [3.63, 3.8) is 0 Å². The molecule has 1 N–H and O–H groups in total. The number of aryl methyl sites for hydroxylation is 1. The van der Waals surface area contributed by atoms with E-state index in [9.17, 15) is 0 Å². The van der Waals surface area contributed by atoms with Gasteiger partial charge in [-0.15, -0.1) is 11.3 Å². The Kier molecular flexibility index (Phi) is 6.40. The van der Waals surface area contributed by atoms with Crippen LogP contribution in [0.4, 0.5) is 0 Å². The molecule has 0 radical (unpaired) electrons. The molecule has 0 unspecified atom stereocenters. The van der Waals surface area contributed by atoms with Crippen molar-refractivity contribution in [3.05, 3.63) is 169 Å². The highest BCUT2D eigenvalue weighted by Gasteiger charge is 2.24. The Hall–Kier alpha value is -7.08. The van der Waals surface area contributed by atoms with Gasteiger partial charge in [0.15, 0.2) is 0 Å². The van der Waals surface area contributed by atoms with Crippen molar-refractivity contribution in [2.75, 3.05) is 0 Å². The summed E-state index contributed by atoms with van der Waals surface area (Å²) in [6.45, 7) is 0. The number of fused-ring (bicyclic) bond motifs is 14. The minimum Gasteiger partial charge on any atom is -0.354 e. The quantitative estimate of drug-likeness (QED) is 0.196. The number of hydrogen-bond donors (Lipinski definition) is 1. The lowest BCUT2D eigenvalue weighted by molar-refractivity contribution is 0.878. The highest BCUT2D eigenvalue weighted by atomic mass is 32.1. The van der Waals surface area contributed by atoms with Gasteiger partial charge in [0.1, 0.15) is 0 Å². The van der Waals surface area contributed by atoms with Gasteiger partial charge in [0.2, 0.25) is 5.95 Å². The summed E-state index contributed by atoms with van der Waals surface area (Å²) in [7, 11) is 0. The van der Waals surface area contributed by atoms with E-state index in [0.29, 0.717) is 5.95 Å². The minimum atomic E-state index is 0.709. The SMILES string of the molecule is C1=Cc2c(nc(-n3c4ccccc4c4c5ccccc5c(-c5cc6[nH]c7ccccc7c6c6ccccc56)cc43)nc2-c2cccc3c2sc2ccccc23)CC1. The van der Waals surface area contributed by atoms with E-state index < -0.39 is 0 Å². The number of benzene rings is 8. The number of hydrogen-bond acceptors (Lipinski definition) is 3. The number of para-hydroxylation sites is 2. The van der Waals surface area contributed by atoms with Crippen LogP contribution >= 0.6 is 11.3 Å². The zero-order valence-electron chi connectivity index (χ0n) is 30.8. The van der Waals surface area contributed by atoms with E-state index in [-0.39, 0.29) is 0 Å². The molecule has 0 fully saturated rings. The number of allylic oxidation sites excluding steroid dienone is 1. The lowest BCUT2D eigenvalue weighted by Gasteiger charge is -2.18. The average Bonchev–Trinajstić information content (AvgIpc) is 3.95. The summed E-state index contributed by atoms with van der Waals surface area (Å²) < 4.78 is 4.88. The van der Waals surface area contributed by atoms with Gasteiger partial charge in [-0.2, -0.15) is 0 Å². The van der Waals surface area contributed by atoms with Gasteiger partial charge >= 0.3 is 0 Å². The Bertz CT molecular complexity index is 3710. The van der Waals surface area contributed by atoms with Gasteiger partial charge in [0.05, 0.1) is 22.4 Å². The van der Waals surface area contributed by atoms with Crippen LogP contribution in [0.3, 0.4) is 0 Å². The van der Waals surface area contributed by atoms with Crippen molar-refractivity contribution in [2.45, 2.75) is 12.8 Å². The minimum absolute atomic E-state index is 0.709. The normalized spacial score (nSPS) is 13.1. The molecule has 266 valence electrons. The maximum Gasteiger partial charge on any atom is 0.235 e. The van der Waals surface area contributed by atoms with E-state index in [1.54, 1.807) is 0 Å². The van der Waals surface area contributed by atoms with Gasteiger partial charge in [-0.3, -0.25) is 4.57 Å². The molecule has 57 heavy (non-hydrogen) atoms. The number of nitrogens with zero attached hydrogens (tertiary/aromatic N) is 3. The van der Waals surface area contributed by atoms with Crippen LogP contribution in [-0.2, 0) is 6.42 Å². The summed E-state index contributed by atoms with van der Waals surface area (Å²) in [5.74, 6) is 0.709. The molecule has 4 aromatic heterocycles. The molecule has 4 nitrogen and oxygen atoms in total. The number of thiophene rings is 1. The molecule has 4 heterocycles. The van der Waals surface area contributed by atoms with Crippen molar-refractivity contribution in [2.24, 2.45) is 0 Å². The Morgan fingerprint density at radius 2 is 1.18 bits per heavy atom. The molecule has 1 aliphatic carbocycles. The highest BCUT2D eigenvalue weighted by molar-refractivity contribution is 7.26. The topological polar surface area (TPSA) is 46.5 Å². The van der Waals surface area contributed by atoms with Crippen LogP contribution in [0.15, 0.2) is 158 Å². The summed E-state index contributed by atoms with van der Waals surface area (Å²) in [5, 5.41) is 12.4. The van der Waals surface area contributed by atoms with Crippen LogP contribution in [-0.4, -0.2) is 19.5 Å². The predicted molar refractivity (Wildman–Crippen MR) is 242 cm³/mol. The number of aromatic nitrogens is 4. The zero-order valence-corrected chi connectivity index (χ0v) is 31.6. The van der Waals surface area contributed by atoms with Gasteiger partial charge in [0.25, 0.3) is 0 Å². The Labute approximate surface area is 331 Å². The second-order valence-corrected chi connectivity index (χ2v) is 16.3. The summed E-state index contributed by atoms with van der Waals surface area (Å²) in [6.07, 6.45) is 6.35. The molecule has 1 aliphatic rings. The maximum atomic E-state index is 5.62. The Morgan fingerprint density at radius 1 is 0.509 bits per heavy atom. The Balaban J connectivity index is 1.15. The third-order valence-electron chi connectivity index (χ3n) is 12.2. The van der Waals surface area contributed by atoms with Gasteiger partial charge in [-0.05, 0) is 75.8 Å². The maximum absolute atomic E-state index is 5.62. The van der Waals surface area contributed by atoms with Crippen molar-refractivity contribution < 1.29 is 0 Å². The van der Waals surface area contributed by atoms with Gasteiger partial charge in [-0.25, -0.2) is 9.97 Å². The van der Waals surface area contributed by atoms with Crippen LogP contribution in [0.25, 0.3) is 120 Å². The molecule has 0 amide bonds. The largest absolute Gasteiger partial charge is 0.354 e. The molecule has 0 bridgehead atoms. The van der Waals surface area contributed by atoms with E-state index in [1.807, 2.05) is 11.3 Å². The van der Waals surface area contributed by atoms with Crippen molar-refractivity contribution in [1.29, 1.82) is 0 Å². The molecule has 0 aliphatic heterocycles. The van der Waals surface area contributed by atoms with E-state index in [2.05, 4.69) is 173 Å². The first-order valence-electron chi connectivity index (χ1n) is 19.6. The molecule has 13 rings (SSSR count). The van der Waals surface area contributed by atoms with Crippen LogP contribution < -0.4 is 0 Å². The van der Waals surface area contributed by atoms with Gasteiger partial charge in [-0.1, -0.05) is 133 Å². The summed E-state index contributed by atoms with van der Waals surface area (Å²) in [5.41, 5.74) is 11.3. The molecule has 0 atom stereocenters. The number of rotatable bonds is 3. The molecule has 12 aromatic rings. The van der Waals surface area contributed by atoms with Crippen LogP contribution in [0.2, 0.25) is 0 Å². The Morgan fingerprint density at radius 3 is 2.02 bits per heavy atom. The fraction of sp³-hybridized carbons (Fsp3) is 0.0385. The van der Waals surface area contributed by atoms with Crippen LogP contribution in [0, 0.1) is 0 Å². The summed E-state index contributed by atoms with van der Waals surface area (Å²) >= 11 is 1.85. The van der Waals surface area contributed by atoms with Crippen molar-refractivity contribution in [3.8, 4) is 28.3 Å². The van der Waals surface area contributed by atoms with Crippen LogP contribution in [0.1, 0.15) is 17.7 Å². The number of nitrogens with one attached hydrogen (secondary N) is 1. The highest BCUT2D eigenvalue weighted by Crippen LogP contribution is 2.46. The third kappa shape index (κ3) is 4.37. The molecule has 5 heteroatoms. The predicted octanol–water partition coefficient (Wildman–Crippen LogP) is 14.2. The van der Waals surface area contributed by atoms with E-state index >= 15 is 0 Å². The standard InChI is InChI=1S/C52H32N4S/c1-3-17-33-30(14-1)40(28-44-48(33)36-19-5-9-24-42(36)53-44)41-29-46-49(34-18-4-2-15-31(34)41)38-21-7-11-26-45(38)56(46)52-54-43-25-10-6-20-37(43)50(55-52)39-23-13-22-35-32-16-8-12-27-47(32)57-51(35)39/h1-9,11-24,26-29,53H,10,25H2. The summed E-state index contributed by atoms with van der Waals surface area (Å²) in [6, 6.07) is 55.4. The van der Waals surface area contributed by atoms with Crippen molar-refractivity contribution in [1.82, 2.24) is 19.5 Å². The van der Waals surface area contributed by atoms with Crippen LogP contribution in [0.5, 0.6) is 0 Å².